The largest absolute Gasteiger partial charge is 0.477 e. The van der Waals surface area contributed by atoms with Gasteiger partial charge in [-0.05, 0) is 49.1 Å². The molecule has 1 saturated carbocycles. The second kappa shape index (κ2) is 10.4. The molecule has 1 aliphatic carbocycles. The summed E-state index contributed by atoms with van der Waals surface area (Å²) in [5, 5.41) is 16.0. The Hall–Kier alpha value is -4.04. The molecule has 6 rings (SSSR count). The number of aromatic nitrogens is 5. The molecule has 194 valence electrons. The van der Waals surface area contributed by atoms with Crippen molar-refractivity contribution >= 4 is 22.3 Å². The Bertz CT molecular complexity index is 1600. The number of rotatable bonds is 9. The van der Waals surface area contributed by atoms with Gasteiger partial charge in [0.05, 0.1) is 42.4 Å². The summed E-state index contributed by atoms with van der Waals surface area (Å²) in [5.74, 6) is 0.752. The normalized spacial score (nSPS) is 17.4. The minimum absolute atomic E-state index is 0.0184. The van der Waals surface area contributed by atoms with E-state index in [-0.39, 0.29) is 24.2 Å². The average molecular weight is 510 g/mol. The van der Waals surface area contributed by atoms with Gasteiger partial charge in [-0.2, -0.15) is 5.10 Å². The van der Waals surface area contributed by atoms with Crippen LogP contribution in [0.25, 0.3) is 16.6 Å². The summed E-state index contributed by atoms with van der Waals surface area (Å²) >= 11 is 0. The van der Waals surface area contributed by atoms with Crippen LogP contribution in [0.4, 0.5) is 0 Å². The number of ether oxygens (including phenoxy) is 1. The number of aryl methyl sites for hydroxylation is 1. The van der Waals surface area contributed by atoms with E-state index in [0.29, 0.717) is 24.7 Å². The Balaban J connectivity index is 1.25. The monoisotopic (exact) mass is 509 g/mol. The van der Waals surface area contributed by atoms with E-state index in [1.807, 2.05) is 69.9 Å². The zero-order chi connectivity index (χ0) is 26.1. The molecule has 0 amide bonds. The van der Waals surface area contributed by atoms with Gasteiger partial charge in [0.2, 0.25) is 5.88 Å². The second-order valence-electron chi connectivity index (χ2n) is 9.98. The maximum absolute atomic E-state index is 13.3. The third-order valence-electron chi connectivity index (χ3n) is 7.48. The van der Waals surface area contributed by atoms with Crippen LogP contribution < -0.4 is 4.74 Å². The first-order valence-electron chi connectivity index (χ1n) is 13.3. The number of imidazole rings is 1. The molecule has 4 heterocycles. The van der Waals surface area contributed by atoms with Gasteiger partial charge in [0.1, 0.15) is 11.3 Å². The number of carbonyl (C=O) groups excluding carboxylic acids is 1. The number of fused-ring (bicyclic) bond motifs is 2. The van der Waals surface area contributed by atoms with Crippen LogP contribution in [-0.2, 0) is 19.4 Å². The number of carbonyl (C=O) groups is 1. The number of ketones is 1. The highest BCUT2D eigenvalue weighted by atomic mass is 16.5. The van der Waals surface area contributed by atoms with Gasteiger partial charge in [-0.1, -0.05) is 37.6 Å². The predicted molar refractivity (Wildman–Crippen MR) is 145 cm³/mol. The molecule has 1 fully saturated rings. The second-order valence-corrected chi connectivity index (χ2v) is 9.98. The molecule has 1 aliphatic rings. The lowest BCUT2D eigenvalue weighted by molar-refractivity contribution is 0.0968. The van der Waals surface area contributed by atoms with E-state index >= 15 is 0 Å². The number of pyridine rings is 2. The van der Waals surface area contributed by atoms with E-state index < -0.39 is 0 Å². The van der Waals surface area contributed by atoms with E-state index in [1.54, 1.807) is 6.20 Å². The number of hydrogen-bond acceptors (Lipinski definition) is 6. The van der Waals surface area contributed by atoms with E-state index in [4.69, 9.17) is 14.8 Å². The van der Waals surface area contributed by atoms with Crippen LogP contribution in [-0.4, -0.2) is 47.7 Å². The number of nitrogens with zero attached hydrogens (tertiary/aromatic N) is 5. The molecule has 0 spiro atoms. The topological polar surface area (TPSA) is 94.5 Å². The third kappa shape index (κ3) is 4.67. The quantitative estimate of drug-likeness (QED) is 0.291. The first-order valence-corrected chi connectivity index (χ1v) is 13.3. The molecule has 4 aromatic heterocycles. The lowest BCUT2D eigenvalue weighted by Crippen LogP contribution is -2.20. The van der Waals surface area contributed by atoms with E-state index in [1.165, 1.54) is 0 Å². The fourth-order valence-electron chi connectivity index (χ4n) is 5.49. The van der Waals surface area contributed by atoms with Gasteiger partial charge >= 0.3 is 0 Å². The SMILES string of the molecule is CCc1nn(Cc2cccc(OC[C@H]3CCC[C@@H]3O)n2)c2cccc(CC(=O)c3cnc4ccccn34)c12. The van der Waals surface area contributed by atoms with Crippen molar-refractivity contribution < 1.29 is 14.6 Å². The maximum atomic E-state index is 13.3. The van der Waals surface area contributed by atoms with Crippen LogP contribution in [0.5, 0.6) is 5.88 Å². The maximum Gasteiger partial charge on any atom is 0.213 e. The van der Waals surface area contributed by atoms with Crippen molar-refractivity contribution in [1.29, 1.82) is 0 Å². The molecule has 1 aromatic carbocycles. The van der Waals surface area contributed by atoms with Crippen molar-refractivity contribution in [1.82, 2.24) is 24.1 Å². The number of benzene rings is 1. The molecular formula is C30H31N5O3. The van der Waals surface area contributed by atoms with Crippen molar-refractivity contribution in [3.8, 4) is 5.88 Å². The molecule has 38 heavy (non-hydrogen) atoms. The molecule has 8 heteroatoms. The van der Waals surface area contributed by atoms with Crippen LogP contribution in [0.2, 0.25) is 0 Å². The molecular weight excluding hydrogens is 478 g/mol. The van der Waals surface area contributed by atoms with Gasteiger partial charge in [-0.25, -0.2) is 9.97 Å². The summed E-state index contributed by atoms with van der Waals surface area (Å²) in [5.41, 5.74) is 5.08. The zero-order valence-corrected chi connectivity index (χ0v) is 21.5. The molecule has 0 aliphatic heterocycles. The van der Waals surface area contributed by atoms with E-state index in [2.05, 4.69) is 11.9 Å². The number of hydrogen-bond donors (Lipinski definition) is 1. The van der Waals surface area contributed by atoms with Gasteiger partial charge < -0.3 is 9.84 Å². The number of aliphatic hydroxyl groups is 1. The van der Waals surface area contributed by atoms with Crippen molar-refractivity contribution in [2.75, 3.05) is 6.61 Å². The summed E-state index contributed by atoms with van der Waals surface area (Å²) in [7, 11) is 0. The van der Waals surface area contributed by atoms with Gasteiger partial charge in [-0.3, -0.25) is 13.9 Å². The minimum atomic E-state index is -0.283. The van der Waals surface area contributed by atoms with Crippen molar-refractivity contribution in [2.45, 2.75) is 51.7 Å². The van der Waals surface area contributed by atoms with Crippen molar-refractivity contribution in [3.63, 3.8) is 0 Å². The first-order chi connectivity index (χ1) is 18.6. The molecule has 0 saturated heterocycles. The zero-order valence-electron chi connectivity index (χ0n) is 21.5. The molecule has 0 unspecified atom stereocenters. The van der Waals surface area contributed by atoms with E-state index in [9.17, 15) is 9.90 Å². The van der Waals surface area contributed by atoms with E-state index in [0.717, 1.165) is 59.2 Å². The van der Waals surface area contributed by atoms with Crippen LogP contribution in [0, 0.1) is 5.92 Å². The summed E-state index contributed by atoms with van der Waals surface area (Å²) in [4.78, 5) is 22.4. The molecule has 1 N–H and O–H groups in total. The first kappa shape index (κ1) is 24.3. The minimum Gasteiger partial charge on any atom is -0.477 e. The summed E-state index contributed by atoms with van der Waals surface area (Å²) in [6, 6.07) is 17.5. The Morgan fingerprint density at radius 2 is 2.00 bits per heavy atom. The molecule has 0 radical (unpaired) electrons. The average Bonchev–Trinajstić information content (AvgIpc) is 3.65. The molecule has 8 nitrogen and oxygen atoms in total. The van der Waals surface area contributed by atoms with Crippen LogP contribution >= 0.6 is 0 Å². The van der Waals surface area contributed by atoms with Gasteiger partial charge in [0.15, 0.2) is 5.78 Å². The van der Waals surface area contributed by atoms with Crippen LogP contribution in [0.1, 0.15) is 53.6 Å². The highest BCUT2D eigenvalue weighted by Gasteiger charge is 2.26. The van der Waals surface area contributed by atoms with Crippen molar-refractivity contribution in [2.24, 2.45) is 5.92 Å². The Morgan fingerprint density at radius 3 is 2.84 bits per heavy atom. The number of Topliss-reactive ketones (excluding diaryl/α,β-unsaturated/α-hetero) is 1. The standard InChI is InChI=1S/C30H31N5O3/c1-2-23-30-20(16-27(37)25-17-31-28-13-3-4-15-34(25)28)8-5-11-24(30)35(33-23)18-22-10-7-14-29(32-22)38-19-21-9-6-12-26(21)36/h3-5,7-8,10-11,13-15,17,21,26,36H,2,6,9,12,16,18-19H2,1H3/t21-,26+/m1/s1. The molecule has 2 atom stereocenters. The Kier molecular flexibility index (Phi) is 6.64. The fraction of sp³-hybridized carbons (Fsp3) is 0.333. The van der Waals surface area contributed by atoms with Gasteiger partial charge in [0, 0.05) is 30.0 Å². The predicted octanol–water partition coefficient (Wildman–Crippen LogP) is 4.65. The summed E-state index contributed by atoms with van der Waals surface area (Å²) in [6.45, 7) is 3.05. The highest BCUT2D eigenvalue weighted by Crippen LogP contribution is 2.27. The highest BCUT2D eigenvalue weighted by molar-refractivity contribution is 5.99. The fourth-order valence-corrected chi connectivity index (χ4v) is 5.49. The summed E-state index contributed by atoms with van der Waals surface area (Å²) < 4.78 is 9.73. The summed E-state index contributed by atoms with van der Waals surface area (Å²) in [6.07, 6.45) is 7.14. The van der Waals surface area contributed by atoms with Gasteiger partial charge in [-0.15, -0.1) is 0 Å². The van der Waals surface area contributed by atoms with Crippen LogP contribution in [0.3, 0.4) is 0 Å². The third-order valence-corrected chi connectivity index (χ3v) is 7.48. The van der Waals surface area contributed by atoms with Gasteiger partial charge in [0.25, 0.3) is 0 Å². The molecule has 0 bridgehead atoms. The van der Waals surface area contributed by atoms with Crippen LogP contribution in [0.15, 0.2) is 67.0 Å². The number of aliphatic hydroxyl groups excluding tert-OH is 1. The molecule has 5 aromatic rings. The lowest BCUT2D eigenvalue weighted by Gasteiger charge is -2.15. The van der Waals surface area contributed by atoms with Crippen molar-refractivity contribution in [3.05, 3.63) is 89.6 Å². The Labute approximate surface area is 220 Å². The Morgan fingerprint density at radius 1 is 1.11 bits per heavy atom. The smallest absolute Gasteiger partial charge is 0.213 e. The lowest BCUT2D eigenvalue weighted by atomic mass is 10.0.